The van der Waals surface area contributed by atoms with Crippen LogP contribution in [0.25, 0.3) is 11.0 Å². The van der Waals surface area contributed by atoms with Gasteiger partial charge in [0.15, 0.2) is 11.3 Å². The number of pyridine rings is 2. The van der Waals surface area contributed by atoms with Crippen molar-refractivity contribution in [1.29, 1.82) is 0 Å². The van der Waals surface area contributed by atoms with Crippen LogP contribution < -0.4 is 10.1 Å². The average molecular weight is 402 g/mol. The molecule has 0 radical (unpaired) electrons. The normalized spacial score (nSPS) is 10.5. The molecule has 3 rings (SSSR count). The predicted molar refractivity (Wildman–Crippen MR) is 99.5 cm³/mol. The number of carbonyl (C=O) groups excluding carboxylic acids is 1. The molecule has 0 saturated heterocycles. The summed E-state index contributed by atoms with van der Waals surface area (Å²) in [5, 5.41) is 4.12. The van der Waals surface area contributed by atoms with E-state index in [1.54, 1.807) is 20.2 Å². The number of benzene rings is 1. The molecule has 0 aliphatic heterocycles. The van der Waals surface area contributed by atoms with Crippen molar-refractivity contribution in [3.63, 3.8) is 0 Å². The summed E-state index contributed by atoms with van der Waals surface area (Å²) < 4.78 is 10.7. The van der Waals surface area contributed by atoms with Gasteiger partial charge in [0, 0.05) is 17.3 Å². The first-order valence-electron chi connectivity index (χ1n) is 7.66. The summed E-state index contributed by atoms with van der Waals surface area (Å²) in [7, 11) is 1.63. The van der Waals surface area contributed by atoms with Crippen LogP contribution in [0.2, 0.25) is 0 Å². The van der Waals surface area contributed by atoms with Crippen molar-refractivity contribution in [1.82, 2.24) is 9.97 Å². The molecule has 7 heteroatoms. The van der Waals surface area contributed by atoms with E-state index in [1.165, 1.54) is 0 Å². The summed E-state index contributed by atoms with van der Waals surface area (Å²) in [4.78, 5) is 20.6. The standard InChI is InChI=1S/C18H16BrN3O3/c1-3-25-18(23)16-14(19)10-13-15(8-9-20-17(13)22-16)21-11-4-6-12(24-2)7-5-11/h4-10H,3H2,1-2H3,(H,20,21,22). The van der Waals surface area contributed by atoms with E-state index in [9.17, 15) is 4.79 Å². The van der Waals surface area contributed by atoms with Crippen LogP contribution in [0.3, 0.4) is 0 Å². The van der Waals surface area contributed by atoms with Crippen molar-refractivity contribution in [3.8, 4) is 5.75 Å². The van der Waals surface area contributed by atoms with Crippen LogP contribution in [0.15, 0.2) is 47.1 Å². The molecule has 0 fully saturated rings. The molecule has 0 amide bonds. The lowest BCUT2D eigenvalue weighted by Gasteiger charge is -2.11. The van der Waals surface area contributed by atoms with E-state index in [4.69, 9.17) is 9.47 Å². The van der Waals surface area contributed by atoms with Crippen LogP contribution in [-0.4, -0.2) is 29.7 Å². The highest BCUT2D eigenvalue weighted by atomic mass is 79.9. The zero-order valence-electron chi connectivity index (χ0n) is 13.7. The van der Waals surface area contributed by atoms with Gasteiger partial charge in [-0.25, -0.2) is 14.8 Å². The molecule has 2 heterocycles. The Balaban J connectivity index is 1.98. The van der Waals surface area contributed by atoms with Crippen LogP contribution in [-0.2, 0) is 4.74 Å². The van der Waals surface area contributed by atoms with Crippen molar-refractivity contribution < 1.29 is 14.3 Å². The summed E-state index contributed by atoms with van der Waals surface area (Å²) in [5.41, 5.74) is 2.41. The van der Waals surface area contributed by atoms with E-state index < -0.39 is 5.97 Å². The molecule has 0 bridgehead atoms. The number of halogens is 1. The first-order valence-corrected chi connectivity index (χ1v) is 8.45. The number of anilines is 2. The van der Waals surface area contributed by atoms with E-state index in [1.807, 2.05) is 36.4 Å². The maximum Gasteiger partial charge on any atom is 0.358 e. The molecule has 0 saturated carbocycles. The van der Waals surface area contributed by atoms with Gasteiger partial charge in [-0.15, -0.1) is 0 Å². The maximum absolute atomic E-state index is 12.0. The third kappa shape index (κ3) is 3.71. The molecule has 1 aromatic carbocycles. The molecule has 0 spiro atoms. The zero-order chi connectivity index (χ0) is 17.8. The fourth-order valence-electron chi connectivity index (χ4n) is 2.33. The van der Waals surface area contributed by atoms with Gasteiger partial charge in [0.1, 0.15) is 5.75 Å². The summed E-state index contributed by atoms with van der Waals surface area (Å²) in [6.07, 6.45) is 1.64. The minimum absolute atomic E-state index is 0.212. The molecule has 3 aromatic rings. The predicted octanol–water partition coefficient (Wildman–Crippen LogP) is 4.32. The molecule has 2 aromatic heterocycles. The molecule has 0 aliphatic rings. The number of fused-ring (bicyclic) bond motifs is 1. The van der Waals surface area contributed by atoms with Gasteiger partial charge in [-0.05, 0) is 59.3 Å². The number of rotatable bonds is 5. The molecule has 1 N–H and O–H groups in total. The SMILES string of the molecule is CCOC(=O)c1nc2nccc(Nc3ccc(OC)cc3)c2cc1Br. The Morgan fingerprint density at radius 1 is 1.24 bits per heavy atom. The monoisotopic (exact) mass is 401 g/mol. The highest BCUT2D eigenvalue weighted by Gasteiger charge is 2.16. The lowest BCUT2D eigenvalue weighted by Crippen LogP contribution is -2.09. The second-order valence-corrected chi connectivity index (χ2v) is 5.98. The second-order valence-electron chi connectivity index (χ2n) is 5.12. The minimum atomic E-state index is -0.480. The highest BCUT2D eigenvalue weighted by molar-refractivity contribution is 9.10. The first-order chi connectivity index (χ1) is 12.1. The van der Waals surface area contributed by atoms with Gasteiger partial charge in [-0.3, -0.25) is 0 Å². The molecular weight excluding hydrogens is 386 g/mol. The van der Waals surface area contributed by atoms with E-state index >= 15 is 0 Å². The van der Waals surface area contributed by atoms with Crippen molar-refractivity contribution in [2.45, 2.75) is 6.92 Å². The van der Waals surface area contributed by atoms with E-state index in [0.717, 1.165) is 22.5 Å². The van der Waals surface area contributed by atoms with Crippen LogP contribution in [0.1, 0.15) is 17.4 Å². The number of hydrogen-bond donors (Lipinski definition) is 1. The van der Waals surface area contributed by atoms with Crippen molar-refractivity contribution in [2.24, 2.45) is 0 Å². The van der Waals surface area contributed by atoms with Crippen LogP contribution in [0.5, 0.6) is 5.75 Å². The number of carbonyl (C=O) groups is 1. The molecule has 0 aliphatic carbocycles. The van der Waals surface area contributed by atoms with Gasteiger partial charge in [0.25, 0.3) is 0 Å². The summed E-state index contributed by atoms with van der Waals surface area (Å²) >= 11 is 3.39. The summed E-state index contributed by atoms with van der Waals surface area (Å²) in [5.74, 6) is 0.306. The van der Waals surface area contributed by atoms with Gasteiger partial charge in [-0.1, -0.05) is 0 Å². The summed E-state index contributed by atoms with van der Waals surface area (Å²) in [6, 6.07) is 11.2. The van der Waals surface area contributed by atoms with Crippen LogP contribution >= 0.6 is 15.9 Å². The Bertz CT molecular complexity index is 913. The van der Waals surface area contributed by atoms with E-state index in [-0.39, 0.29) is 12.3 Å². The fraction of sp³-hybridized carbons (Fsp3) is 0.167. The quantitative estimate of drug-likeness (QED) is 0.641. The molecule has 0 unspecified atom stereocenters. The highest BCUT2D eigenvalue weighted by Crippen LogP contribution is 2.29. The zero-order valence-corrected chi connectivity index (χ0v) is 15.3. The second kappa shape index (κ2) is 7.48. The number of aromatic nitrogens is 2. The molecule has 25 heavy (non-hydrogen) atoms. The van der Waals surface area contributed by atoms with Gasteiger partial charge >= 0.3 is 5.97 Å². The molecule has 0 atom stereocenters. The van der Waals surface area contributed by atoms with Crippen LogP contribution in [0, 0.1) is 0 Å². The lowest BCUT2D eigenvalue weighted by atomic mass is 10.2. The third-order valence-electron chi connectivity index (χ3n) is 3.52. The Kier molecular flexibility index (Phi) is 5.14. The lowest BCUT2D eigenvalue weighted by molar-refractivity contribution is 0.0518. The van der Waals surface area contributed by atoms with Gasteiger partial charge in [0.05, 0.1) is 23.9 Å². The van der Waals surface area contributed by atoms with Crippen LogP contribution in [0.4, 0.5) is 11.4 Å². The molecule has 128 valence electrons. The third-order valence-corrected chi connectivity index (χ3v) is 4.13. The fourth-order valence-corrected chi connectivity index (χ4v) is 2.81. The first kappa shape index (κ1) is 17.2. The van der Waals surface area contributed by atoms with Gasteiger partial charge in [-0.2, -0.15) is 0 Å². The Morgan fingerprint density at radius 3 is 2.68 bits per heavy atom. The number of esters is 1. The minimum Gasteiger partial charge on any atom is -0.497 e. The van der Waals surface area contributed by atoms with Gasteiger partial charge in [0.2, 0.25) is 0 Å². The Morgan fingerprint density at radius 2 is 2.00 bits per heavy atom. The largest absolute Gasteiger partial charge is 0.497 e. The Hall–Kier alpha value is -2.67. The van der Waals surface area contributed by atoms with Gasteiger partial charge < -0.3 is 14.8 Å². The Labute approximate surface area is 153 Å². The number of nitrogens with zero attached hydrogens (tertiary/aromatic N) is 2. The van der Waals surface area contributed by atoms with Crippen molar-refractivity contribution in [2.75, 3.05) is 19.0 Å². The number of hydrogen-bond acceptors (Lipinski definition) is 6. The van der Waals surface area contributed by atoms with Crippen molar-refractivity contribution in [3.05, 3.63) is 52.8 Å². The van der Waals surface area contributed by atoms with Crippen molar-refractivity contribution >= 4 is 44.3 Å². The smallest absolute Gasteiger partial charge is 0.358 e. The number of nitrogens with one attached hydrogen (secondary N) is 1. The maximum atomic E-state index is 12.0. The summed E-state index contributed by atoms with van der Waals surface area (Å²) in [6.45, 7) is 2.04. The van der Waals surface area contributed by atoms with E-state index in [0.29, 0.717) is 10.1 Å². The van der Waals surface area contributed by atoms with E-state index in [2.05, 4.69) is 31.2 Å². The topological polar surface area (TPSA) is 73.3 Å². The average Bonchev–Trinajstić information content (AvgIpc) is 2.62. The molecular formula is C18H16BrN3O3. The number of methoxy groups -OCH3 is 1. The molecule has 6 nitrogen and oxygen atoms in total. The number of ether oxygens (including phenoxy) is 2.